The van der Waals surface area contributed by atoms with Crippen LogP contribution in [0.25, 0.3) is 10.9 Å². The van der Waals surface area contributed by atoms with E-state index in [4.69, 9.17) is 10.5 Å². The van der Waals surface area contributed by atoms with E-state index in [1.807, 2.05) is 0 Å². The third kappa shape index (κ3) is 2.04. The van der Waals surface area contributed by atoms with Crippen LogP contribution in [0.5, 0.6) is 5.75 Å². The molecule has 0 saturated carbocycles. The molecule has 0 atom stereocenters. The predicted molar refractivity (Wildman–Crippen MR) is 65.7 cm³/mol. The maximum atomic E-state index is 9.74. The molecule has 2 N–H and O–H groups in total. The number of hydrogen-bond donors (Lipinski definition) is 2. The Kier molecular flexibility index (Phi) is 3.04. The minimum atomic E-state index is -0.324. The van der Waals surface area contributed by atoms with E-state index in [1.165, 1.54) is 6.07 Å². The third-order valence-corrected chi connectivity index (χ3v) is 2.25. The average Bonchev–Trinajstić information content (AvgIpc) is 2.42. The van der Waals surface area contributed by atoms with Gasteiger partial charge in [-0.05, 0) is 24.3 Å². The summed E-state index contributed by atoms with van der Waals surface area (Å²) < 4.78 is 0. The summed E-state index contributed by atoms with van der Waals surface area (Å²) in [6.07, 6.45) is 1.63. The summed E-state index contributed by atoms with van der Waals surface area (Å²) >= 11 is 0. The van der Waals surface area contributed by atoms with Crippen LogP contribution in [0.15, 0.2) is 35.6 Å². The van der Waals surface area contributed by atoms with Crippen molar-refractivity contribution in [2.75, 3.05) is 5.43 Å². The average molecular weight is 237 g/mol. The molecule has 0 aliphatic carbocycles. The van der Waals surface area contributed by atoms with E-state index in [9.17, 15) is 5.11 Å². The number of nitrogens with one attached hydrogen (secondary N) is 1. The van der Waals surface area contributed by atoms with Crippen molar-refractivity contribution in [2.24, 2.45) is 5.10 Å². The van der Waals surface area contributed by atoms with Crippen molar-refractivity contribution in [3.63, 3.8) is 0 Å². The molecule has 0 amide bonds. The number of hydrogen-bond acceptors (Lipinski definition) is 6. The van der Waals surface area contributed by atoms with Gasteiger partial charge in [0.25, 0.3) is 0 Å². The number of phenolic OH excluding ortho intramolecular Hbond substituents is 1. The zero-order valence-corrected chi connectivity index (χ0v) is 9.12. The Hall–Kier alpha value is -3.12. The van der Waals surface area contributed by atoms with Gasteiger partial charge in [0.1, 0.15) is 23.6 Å². The first-order chi connectivity index (χ1) is 8.76. The Labute approximate surface area is 102 Å². The molecule has 0 radical (unpaired) electrons. The Morgan fingerprint density at radius 2 is 2.06 bits per heavy atom. The quantitative estimate of drug-likeness (QED) is 0.470. The lowest BCUT2D eigenvalue weighted by atomic mass is 10.1. The van der Waals surface area contributed by atoms with Gasteiger partial charge in [-0.1, -0.05) is 0 Å². The molecule has 1 aromatic heterocycles. The fourth-order valence-corrected chi connectivity index (χ4v) is 1.45. The number of rotatable bonds is 2. The first-order valence-corrected chi connectivity index (χ1v) is 4.97. The molecule has 0 fully saturated rings. The maximum absolute atomic E-state index is 9.74. The van der Waals surface area contributed by atoms with Crippen molar-refractivity contribution in [1.29, 1.82) is 10.5 Å². The molecule has 0 bridgehead atoms. The van der Waals surface area contributed by atoms with Gasteiger partial charge in [-0.2, -0.15) is 15.6 Å². The van der Waals surface area contributed by atoms with E-state index in [0.717, 1.165) is 0 Å². The number of anilines is 1. The standard InChI is InChI=1S/C12H7N5O/c13-6-8(7-14)16-17-12-9-2-1-5-15-10(9)3-4-11(12)18/h1-5,17-18H. The molecule has 0 unspecified atom stereocenters. The Morgan fingerprint density at radius 1 is 1.28 bits per heavy atom. The van der Waals surface area contributed by atoms with Crippen LogP contribution in [0, 0.1) is 22.7 Å². The summed E-state index contributed by atoms with van der Waals surface area (Å²) in [5.41, 5.74) is 3.17. The minimum Gasteiger partial charge on any atom is -0.506 e. The molecule has 6 nitrogen and oxygen atoms in total. The van der Waals surface area contributed by atoms with Crippen LogP contribution >= 0.6 is 0 Å². The van der Waals surface area contributed by atoms with Crippen LogP contribution in [0.2, 0.25) is 0 Å². The molecule has 1 heterocycles. The number of hydrazone groups is 1. The molecule has 0 saturated heterocycles. The highest BCUT2D eigenvalue weighted by molar-refractivity contribution is 6.10. The van der Waals surface area contributed by atoms with Crippen molar-refractivity contribution < 1.29 is 5.11 Å². The Bertz CT molecular complexity index is 692. The Balaban J connectivity index is 2.51. The molecule has 2 rings (SSSR count). The second kappa shape index (κ2) is 4.81. The summed E-state index contributed by atoms with van der Waals surface area (Å²) in [5.74, 6) is -0.0329. The van der Waals surface area contributed by atoms with Crippen LogP contribution in [0.3, 0.4) is 0 Å². The van der Waals surface area contributed by atoms with E-state index in [-0.39, 0.29) is 11.5 Å². The zero-order chi connectivity index (χ0) is 13.0. The van der Waals surface area contributed by atoms with Crippen LogP contribution in [-0.4, -0.2) is 15.8 Å². The van der Waals surface area contributed by atoms with Crippen molar-refractivity contribution in [3.8, 4) is 17.9 Å². The number of benzene rings is 1. The molecule has 0 spiro atoms. The molecule has 6 heteroatoms. The lowest BCUT2D eigenvalue weighted by molar-refractivity contribution is 0.478. The summed E-state index contributed by atoms with van der Waals surface area (Å²) in [6.45, 7) is 0. The van der Waals surface area contributed by atoms with Gasteiger partial charge in [-0.3, -0.25) is 10.4 Å². The third-order valence-electron chi connectivity index (χ3n) is 2.25. The SMILES string of the molecule is N#CC(C#N)=NNc1c(O)ccc2ncccc12. The van der Waals surface area contributed by atoms with Crippen molar-refractivity contribution in [1.82, 2.24) is 4.98 Å². The molecule has 1 aromatic carbocycles. The van der Waals surface area contributed by atoms with Gasteiger partial charge in [-0.25, -0.2) is 0 Å². The van der Waals surface area contributed by atoms with E-state index in [2.05, 4.69) is 15.5 Å². The van der Waals surface area contributed by atoms with E-state index in [1.54, 1.807) is 36.5 Å². The molecule has 2 aromatic rings. The molecule has 86 valence electrons. The lowest BCUT2D eigenvalue weighted by Crippen LogP contribution is -1.97. The predicted octanol–water partition coefficient (Wildman–Crippen LogP) is 1.76. The highest BCUT2D eigenvalue weighted by atomic mass is 16.3. The number of nitrogens with zero attached hydrogens (tertiary/aromatic N) is 4. The Morgan fingerprint density at radius 3 is 2.78 bits per heavy atom. The lowest BCUT2D eigenvalue weighted by Gasteiger charge is -2.07. The van der Waals surface area contributed by atoms with Crippen LogP contribution in [0.4, 0.5) is 5.69 Å². The van der Waals surface area contributed by atoms with Gasteiger partial charge in [-0.15, -0.1) is 0 Å². The molecular weight excluding hydrogens is 230 g/mol. The zero-order valence-electron chi connectivity index (χ0n) is 9.12. The van der Waals surface area contributed by atoms with E-state index in [0.29, 0.717) is 16.6 Å². The second-order valence-electron chi connectivity index (χ2n) is 3.33. The minimum absolute atomic E-state index is 0.0329. The number of fused-ring (bicyclic) bond motifs is 1. The molecule has 0 aliphatic heterocycles. The summed E-state index contributed by atoms with van der Waals surface area (Å²) in [7, 11) is 0. The number of aromatic nitrogens is 1. The molecule has 18 heavy (non-hydrogen) atoms. The first kappa shape index (κ1) is 11.4. The maximum Gasteiger partial charge on any atom is 0.237 e. The largest absolute Gasteiger partial charge is 0.506 e. The highest BCUT2D eigenvalue weighted by Crippen LogP contribution is 2.31. The number of aromatic hydroxyl groups is 1. The van der Waals surface area contributed by atoms with Crippen molar-refractivity contribution >= 4 is 22.3 Å². The van der Waals surface area contributed by atoms with Gasteiger partial charge in [0.2, 0.25) is 5.71 Å². The smallest absolute Gasteiger partial charge is 0.237 e. The fourth-order valence-electron chi connectivity index (χ4n) is 1.45. The van der Waals surface area contributed by atoms with Gasteiger partial charge < -0.3 is 5.11 Å². The van der Waals surface area contributed by atoms with Crippen LogP contribution < -0.4 is 5.43 Å². The van der Waals surface area contributed by atoms with Gasteiger partial charge in [0.15, 0.2) is 0 Å². The fraction of sp³-hybridized carbons (Fsp3) is 0. The van der Waals surface area contributed by atoms with Crippen molar-refractivity contribution in [2.45, 2.75) is 0 Å². The van der Waals surface area contributed by atoms with Crippen LogP contribution in [0.1, 0.15) is 0 Å². The summed E-state index contributed by atoms with van der Waals surface area (Å²) in [4.78, 5) is 4.12. The monoisotopic (exact) mass is 237 g/mol. The number of nitriles is 2. The van der Waals surface area contributed by atoms with E-state index >= 15 is 0 Å². The van der Waals surface area contributed by atoms with Gasteiger partial charge in [0, 0.05) is 11.6 Å². The number of phenols is 1. The van der Waals surface area contributed by atoms with Crippen molar-refractivity contribution in [3.05, 3.63) is 30.5 Å². The first-order valence-electron chi connectivity index (χ1n) is 4.97. The summed E-state index contributed by atoms with van der Waals surface area (Å²) in [6, 6.07) is 9.83. The summed E-state index contributed by atoms with van der Waals surface area (Å²) in [5, 5.41) is 31.1. The molecular formula is C12H7N5O. The van der Waals surface area contributed by atoms with Crippen LogP contribution in [-0.2, 0) is 0 Å². The number of pyridine rings is 1. The van der Waals surface area contributed by atoms with E-state index < -0.39 is 0 Å². The van der Waals surface area contributed by atoms with Gasteiger partial charge >= 0.3 is 0 Å². The molecule has 0 aliphatic rings. The second-order valence-corrected chi connectivity index (χ2v) is 3.33. The topological polar surface area (TPSA) is 105 Å². The van der Waals surface area contributed by atoms with Gasteiger partial charge in [0.05, 0.1) is 5.52 Å². The highest BCUT2D eigenvalue weighted by Gasteiger charge is 2.06. The normalized spacial score (nSPS) is 9.22.